The van der Waals surface area contributed by atoms with Gasteiger partial charge in [0.15, 0.2) is 0 Å². The number of hydrogen-bond acceptors (Lipinski definition) is 4. The quantitative estimate of drug-likeness (QED) is 0.696. The Bertz CT molecular complexity index is 525. The van der Waals surface area contributed by atoms with Crippen LogP contribution in [-0.4, -0.2) is 56.6 Å². The average molecular weight is 395 g/mol. The van der Waals surface area contributed by atoms with Crippen molar-refractivity contribution in [3.8, 4) is 0 Å². The smallest absolute Gasteiger partial charge is 0.251 e. The molecule has 0 radical (unpaired) electrons. The van der Waals surface area contributed by atoms with E-state index in [9.17, 15) is 9.18 Å². The molecule has 5 nitrogen and oxygen atoms in total. The van der Waals surface area contributed by atoms with Crippen LogP contribution in [0.3, 0.4) is 0 Å². The molecule has 8 heteroatoms. The Morgan fingerprint density at radius 2 is 1.88 bits per heavy atom. The van der Waals surface area contributed by atoms with E-state index in [0.717, 1.165) is 45.6 Å². The summed E-state index contributed by atoms with van der Waals surface area (Å²) in [6.07, 6.45) is 1.71. The van der Waals surface area contributed by atoms with Crippen molar-refractivity contribution in [2.75, 3.05) is 50.7 Å². The van der Waals surface area contributed by atoms with E-state index in [2.05, 4.69) is 17.1 Å². The van der Waals surface area contributed by atoms with Crippen LogP contribution in [-0.2, 0) is 0 Å². The van der Waals surface area contributed by atoms with Crippen LogP contribution >= 0.6 is 24.8 Å². The van der Waals surface area contributed by atoms with Gasteiger partial charge in [0.25, 0.3) is 5.91 Å². The summed E-state index contributed by atoms with van der Waals surface area (Å²) in [6.45, 7) is 7.86. The van der Waals surface area contributed by atoms with Crippen LogP contribution in [0.5, 0.6) is 0 Å². The zero-order valence-corrected chi connectivity index (χ0v) is 16.3. The van der Waals surface area contributed by atoms with Gasteiger partial charge in [-0.25, -0.2) is 4.39 Å². The summed E-state index contributed by atoms with van der Waals surface area (Å²) in [5.41, 5.74) is 6.36. The summed E-state index contributed by atoms with van der Waals surface area (Å²) in [5.74, 6) is -0.562. The molecule has 1 amide bonds. The van der Waals surface area contributed by atoms with Crippen LogP contribution in [0.2, 0.25) is 0 Å². The first-order valence-corrected chi connectivity index (χ1v) is 8.40. The Balaban J connectivity index is 0.00000288. The highest BCUT2D eigenvalue weighted by molar-refractivity contribution is 5.94. The summed E-state index contributed by atoms with van der Waals surface area (Å²) < 4.78 is 14.4. The Morgan fingerprint density at radius 1 is 1.20 bits per heavy atom. The van der Waals surface area contributed by atoms with Crippen molar-refractivity contribution >= 4 is 36.4 Å². The maximum absolute atomic E-state index is 14.4. The van der Waals surface area contributed by atoms with Gasteiger partial charge < -0.3 is 20.9 Å². The predicted octanol–water partition coefficient (Wildman–Crippen LogP) is 2.28. The molecule has 144 valence electrons. The molecule has 0 bridgehead atoms. The second-order valence-electron chi connectivity index (χ2n) is 5.84. The van der Waals surface area contributed by atoms with Crippen molar-refractivity contribution in [2.24, 2.45) is 5.73 Å². The minimum Gasteiger partial charge on any atom is -0.367 e. The normalized spacial score (nSPS) is 14.4. The van der Waals surface area contributed by atoms with Crippen molar-refractivity contribution in [3.63, 3.8) is 0 Å². The minimum absolute atomic E-state index is 0. The van der Waals surface area contributed by atoms with E-state index in [1.54, 1.807) is 12.1 Å². The molecule has 1 heterocycles. The topological polar surface area (TPSA) is 61.6 Å². The lowest BCUT2D eigenvalue weighted by Crippen LogP contribution is -2.46. The third-order valence-corrected chi connectivity index (χ3v) is 4.29. The number of rotatable bonds is 7. The number of benzene rings is 1. The van der Waals surface area contributed by atoms with E-state index in [0.29, 0.717) is 24.3 Å². The Labute approximate surface area is 161 Å². The molecular formula is C17H29Cl2FN4O. The van der Waals surface area contributed by atoms with Crippen molar-refractivity contribution in [1.29, 1.82) is 0 Å². The Kier molecular flexibility index (Phi) is 11.8. The van der Waals surface area contributed by atoms with Gasteiger partial charge in [0.1, 0.15) is 5.82 Å². The number of nitrogens with one attached hydrogen (secondary N) is 1. The molecule has 0 aromatic heterocycles. The molecule has 0 saturated carbocycles. The number of halogens is 3. The lowest BCUT2D eigenvalue weighted by atomic mass is 10.1. The van der Waals surface area contributed by atoms with Gasteiger partial charge in [0, 0.05) is 38.3 Å². The van der Waals surface area contributed by atoms with Gasteiger partial charge in [0.05, 0.1) is 5.69 Å². The molecule has 0 unspecified atom stereocenters. The molecule has 0 aliphatic carbocycles. The highest BCUT2D eigenvalue weighted by atomic mass is 35.5. The fraction of sp³-hybridized carbons (Fsp3) is 0.588. The lowest BCUT2D eigenvalue weighted by Gasteiger charge is -2.35. The van der Waals surface area contributed by atoms with Crippen LogP contribution in [0.15, 0.2) is 18.2 Å². The summed E-state index contributed by atoms with van der Waals surface area (Å²) in [5, 5.41) is 2.79. The molecule has 0 spiro atoms. The third kappa shape index (κ3) is 6.98. The zero-order chi connectivity index (χ0) is 16.7. The maximum atomic E-state index is 14.4. The van der Waals surface area contributed by atoms with Crippen LogP contribution in [0, 0.1) is 5.82 Å². The van der Waals surface area contributed by atoms with Crippen LogP contribution in [0.25, 0.3) is 0 Å². The van der Waals surface area contributed by atoms with Crippen molar-refractivity contribution in [1.82, 2.24) is 10.2 Å². The first-order valence-electron chi connectivity index (χ1n) is 8.40. The SMILES string of the molecule is CCN1CCN(c2ccc(C(=O)NCCCCN)cc2F)CC1.Cl.Cl. The van der Waals surface area contributed by atoms with Gasteiger partial charge >= 0.3 is 0 Å². The standard InChI is InChI=1S/C17H27FN4O.2ClH/c1-2-21-9-11-22(12-10-21)16-6-5-14(13-15(16)18)17(23)20-8-4-3-7-19;;/h5-6,13H,2-4,7-12,19H2,1H3,(H,20,23);2*1H. The van der Waals surface area contributed by atoms with E-state index in [4.69, 9.17) is 5.73 Å². The largest absolute Gasteiger partial charge is 0.367 e. The number of nitrogens with zero attached hydrogens (tertiary/aromatic N) is 2. The second-order valence-corrected chi connectivity index (χ2v) is 5.84. The number of amides is 1. The molecule has 1 aromatic carbocycles. The second kappa shape index (κ2) is 12.3. The molecular weight excluding hydrogens is 366 g/mol. The summed E-state index contributed by atoms with van der Waals surface area (Å²) in [4.78, 5) is 16.4. The molecule has 0 atom stereocenters. The number of anilines is 1. The first kappa shape index (κ1) is 23.9. The Morgan fingerprint density at radius 3 is 2.44 bits per heavy atom. The number of piperazine rings is 1. The summed E-state index contributed by atoms with van der Waals surface area (Å²) >= 11 is 0. The number of hydrogen-bond donors (Lipinski definition) is 2. The Hall–Kier alpha value is -1.08. The third-order valence-electron chi connectivity index (χ3n) is 4.29. The highest BCUT2D eigenvalue weighted by Crippen LogP contribution is 2.22. The highest BCUT2D eigenvalue weighted by Gasteiger charge is 2.19. The van der Waals surface area contributed by atoms with E-state index < -0.39 is 0 Å². The molecule has 1 aliphatic rings. The monoisotopic (exact) mass is 394 g/mol. The van der Waals surface area contributed by atoms with Gasteiger partial charge in [-0.1, -0.05) is 6.92 Å². The molecule has 1 aromatic rings. The average Bonchev–Trinajstić information content (AvgIpc) is 2.58. The number of likely N-dealkylation sites (N-methyl/N-ethyl adjacent to an activating group) is 1. The van der Waals surface area contributed by atoms with Crippen molar-refractivity contribution in [2.45, 2.75) is 19.8 Å². The van der Waals surface area contributed by atoms with E-state index in [1.165, 1.54) is 6.07 Å². The van der Waals surface area contributed by atoms with Gasteiger partial charge in [-0.3, -0.25) is 4.79 Å². The molecule has 1 fully saturated rings. The van der Waals surface area contributed by atoms with Crippen LogP contribution in [0.1, 0.15) is 30.1 Å². The fourth-order valence-corrected chi connectivity index (χ4v) is 2.78. The number of carbonyl (C=O) groups is 1. The van der Waals surface area contributed by atoms with E-state index >= 15 is 0 Å². The molecule has 1 aliphatic heterocycles. The number of carbonyl (C=O) groups excluding carboxylic acids is 1. The summed E-state index contributed by atoms with van der Waals surface area (Å²) in [6, 6.07) is 4.74. The van der Waals surface area contributed by atoms with Crippen molar-refractivity contribution in [3.05, 3.63) is 29.6 Å². The van der Waals surface area contributed by atoms with E-state index in [-0.39, 0.29) is 36.5 Å². The predicted molar refractivity (Wildman–Crippen MR) is 106 cm³/mol. The number of nitrogens with two attached hydrogens (primary N) is 1. The summed E-state index contributed by atoms with van der Waals surface area (Å²) in [7, 11) is 0. The van der Waals surface area contributed by atoms with Crippen LogP contribution < -0.4 is 16.0 Å². The van der Waals surface area contributed by atoms with Crippen LogP contribution in [0.4, 0.5) is 10.1 Å². The minimum atomic E-state index is -0.329. The lowest BCUT2D eigenvalue weighted by molar-refractivity contribution is 0.0952. The number of unbranched alkanes of at least 4 members (excludes halogenated alkanes) is 1. The molecule has 2 rings (SSSR count). The van der Waals surface area contributed by atoms with Crippen molar-refractivity contribution < 1.29 is 9.18 Å². The fourth-order valence-electron chi connectivity index (χ4n) is 2.78. The zero-order valence-electron chi connectivity index (χ0n) is 14.7. The first-order chi connectivity index (χ1) is 11.2. The molecule has 1 saturated heterocycles. The van der Waals surface area contributed by atoms with Gasteiger partial charge in [-0.15, -0.1) is 24.8 Å². The van der Waals surface area contributed by atoms with Gasteiger partial charge in [-0.05, 0) is 44.1 Å². The van der Waals surface area contributed by atoms with Gasteiger partial charge in [0.2, 0.25) is 0 Å². The molecule has 3 N–H and O–H groups in total. The van der Waals surface area contributed by atoms with Gasteiger partial charge in [-0.2, -0.15) is 0 Å². The maximum Gasteiger partial charge on any atom is 0.251 e. The van der Waals surface area contributed by atoms with E-state index in [1.807, 2.05) is 4.90 Å². The molecule has 25 heavy (non-hydrogen) atoms.